The molecule has 0 bridgehead atoms. The third-order valence-corrected chi connectivity index (χ3v) is 5.91. The summed E-state index contributed by atoms with van der Waals surface area (Å²) in [6.45, 7) is 4.35. The summed E-state index contributed by atoms with van der Waals surface area (Å²) in [5.41, 5.74) is 3.79. The summed E-state index contributed by atoms with van der Waals surface area (Å²) in [6.07, 6.45) is 1.37. The zero-order valence-electron chi connectivity index (χ0n) is 18.4. The van der Waals surface area contributed by atoms with Crippen LogP contribution in [0.15, 0.2) is 66.2 Å². The Morgan fingerprint density at radius 3 is 2.29 bits per heavy atom. The molecule has 0 unspecified atom stereocenters. The molecule has 1 aliphatic heterocycles. The second-order valence-electron chi connectivity index (χ2n) is 7.82. The van der Waals surface area contributed by atoms with Crippen LogP contribution in [0.5, 0.6) is 5.75 Å². The molecular weight excluding hydrogens is 475 g/mol. The fraction of sp³-hybridized carbons (Fsp3) is 0.115. The number of ether oxygens (including phenoxy) is 1. The molecule has 0 spiro atoms. The monoisotopic (exact) mass is 494 g/mol. The van der Waals surface area contributed by atoms with E-state index in [-0.39, 0.29) is 17.9 Å². The Morgan fingerprint density at radius 2 is 1.59 bits per heavy atom. The minimum atomic E-state index is -0.841. The summed E-state index contributed by atoms with van der Waals surface area (Å²) in [4.78, 5) is 39.0. The number of nitrogens with one attached hydrogen (secondary N) is 1. The lowest BCUT2D eigenvalue weighted by atomic mass is 10.1. The largest absolute Gasteiger partial charge is 0.488 e. The number of urea groups is 1. The molecule has 1 saturated heterocycles. The first-order valence-corrected chi connectivity index (χ1v) is 11.1. The Balaban J connectivity index is 1.66. The number of imide groups is 2. The van der Waals surface area contributed by atoms with E-state index in [1.165, 1.54) is 23.8 Å². The molecule has 3 aromatic rings. The number of anilines is 1. The van der Waals surface area contributed by atoms with E-state index in [1.807, 2.05) is 32.0 Å². The second kappa shape index (κ2) is 9.71. The molecule has 1 N–H and O–H groups in total. The number of aryl methyl sites for hydroxylation is 2. The van der Waals surface area contributed by atoms with Crippen molar-refractivity contribution in [3.05, 3.63) is 98.5 Å². The van der Waals surface area contributed by atoms with Gasteiger partial charge in [0.25, 0.3) is 11.8 Å². The molecule has 172 valence electrons. The van der Waals surface area contributed by atoms with Gasteiger partial charge in [0.05, 0.1) is 5.69 Å². The second-order valence-corrected chi connectivity index (χ2v) is 8.70. The number of benzene rings is 3. The fourth-order valence-corrected chi connectivity index (χ4v) is 3.76. The predicted octanol–water partition coefficient (Wildman–Crippen LogP) is 5.86. The number of halogens is 2. The number of amides is 4. The molecule has 8 heteroatoms. The Labute approximate surface area is 206 Å². The Hall–Kier alpha value is -3.61. The van der Waals surface area contributed by atoms with Gasteiger partial charge in [-0.25, -0.2) is 9.69 Å². The number of hydrogen-bond acceptors (Lipinski definition) is 4. The van der Waals surface area contributed by atoms with Gasteiger partial charge in [0, 0.05) is 15.6 Å². The van der Waals surface area contributed by atoms with Crippen LogP contribution in [-0.2, 0) is 16.2 Å². The van der Waals surface area contributed by atoms with Crippen molar-refractivity contribution < 1.29 is 19.1 Å². The predicted molar refractivity (Wildman–Crippen MR) is 132 cm³/mol. The summed E-state index contributed by atoms with van der Waals surface area (Å²) in [5.74, 6) is -1.14. The Bertz CT molecular complexity index is 1330. The minimum absolute atomic E-state index is 0.229. The third-order valence-electron chi connectivity index (χ3n) is 5.42. The number of barbiturate groups is 1. The summed E-state index contributed by atoms with van der Waals surface area (Å²) in [5, 5.41) is 3.05. The number of rotatable bonds is 5. The van der Waals surface area contributed by atoms with E-state index >= 15 is 0 Å². The first-order chi connectivity index (χ1) is 16.2. The van der Waals surface area contributed by atoms with Crippen LogP contribution in [0.4, 0.5) is 10.5 Å². The lowest BCUT2D eigenvalue weighted by molar-refractivity contribution is -0.122. The molecule has 0 atom stereocenters. The molecule has 34 heavy (non-hydrogen) atoms. The van der Waals surface area contributed by atoms with Crippen LogP contribution in [0.25, 0.3) is 6.08 Å². The SMILES string of the molecule is Cc1ccc(COc2ccc(Cl)cc2/C=C2\C(=O)NC(=O)N(c3ccc(Cl)cc3)C2=O)cc1C. The van der Waals surface area contributed by atoms with Crippen molar-refractivity contribution in [1.29, 1.82) is 0 Å². The van der Waals surface area contributed by atoms with Crippen molar-refractivity contribution >= 4 is 52.8 Å². The molecule has 1 heterocycles. The van der Waals surface area contributed by atoms with Crippen LogP contribution in [0.2, 0.25) is 10.0 Å². The van der Waals surface area contributed by atoms with E-state index in [2.05, 4.69) is 5.32 Å². The highest BCUT2D eigenvalue weighted by molar-refractivity contribution is 6.39. The van der Waals surface area contributed by atoms with E-state index in [0.29, 0.717) is 21.4 Å². The minimum Gasteiger partial charge on any atom is -0.488 e. The molecule has 0 aliphatic carbocycles. The van der Waals surface area contributed by atoms with Gasteiger partial charge in [-0.15, -0.1) is 0 Å². The van der Waals surface area contributed by atoms with E-state index in [4.69, 9.17) is 27.9 Å². The van der Waals surface area contributed by atoms with Gasteiger partial charge < -0.3 is 4.74 Å². The van der Waals surface area contributed by atoms with Crippen molar-refractivity contribution in [3.63, 3.8) is 0 Å². The maximum Gasteiger partial charge on any atom is 0.335 e. The number of nitrogens with zero attached hydrogens (tertiary/aromatic N) is 1. The molecular formula is C26H20Cl2N2O4. The van der Waals surface area contributed by atoms with Crippen molar-refractivity contribution in [1.82, 2.24) is 5.32 Å². The smallest absolute Gasteiger partial charge is 0.335 e. The normalized spacial score (nSPS) is 15.0. The summed E-state index contributed by atoms with van der Waals surface area (Å²) >= 11 is 12.1. The van der Waals surface area contributed by atoms with Crippen molar-refractivity contribution in [3.8, 4) is 5.75 Å². The van der Waals surface area contributed by atoms with Crippen LogP contribution in [0.1, 0.15) is 22.3 Å². The molecule has 4 amide bonds. The number of hydrogen-bond donors (Lipinski definition) is 1. The lowest BCUT2D eigenvalue weighted by Crippen LogP contribution is -2.54. The zero-order chi connectivity index (χ0) is 24.4. The van der Waals surface area contributed by atoms with Gasteiger partial charge in [0.15, 0.2) is 0 Å². The highest BCUT2D eigenvalue weighted by Crippen LogP contribution is 2.29. The van der Waals surface area contributed by atoms with E-state index < -0.39 is 17.8 Å². The lowest BCUT2D eigenvalue weighted by Gasteiger charge is -2.26. The first kappa shape index (κ1) is 23.5. The third kappa shape index (κ3) is 4.98. The highest BCUT2D eigenvalue weighted by atomic mass is 35.5. The molecule has 0 saturated carbocycles. The molecule has 0 aromatic heterocycles. The topological polar surface area (TPSA) is 75.7 Å². The molecule has 1 aliphatic rings. The van der Waals surface area contributed by atoms with Gasteiger partial charge in [-0.2, -0.15) is 0 Å². The van der Waals surface area contributed by atoms with Crippen LogP contribution in [0, 0.1) is 13.8 Å². The van der Waals surface area contributed by atoms with Crippen LogP contribution in [0.3, 0.4) is 0 Å². The van der Waals surface area contributed by atoms with Crippen molar-refractivity contribution in [2.24, 2.45) is 0 Å². The average Bonchev–Trinajstić information content (AvgIpc) is 2.79. The fourth-order valence-electron chi connectivity index (χ4n) is 3.46. The van der Waals surface area contributed by atoms with Gasteiger partial charge in [0.2, 0.25) is 0 Å². The summed E-state index contributed by atoms with van der Waals surface area (Å²) in [7, 11) is 0. The average molecular weight is 495 g/mol. The maximum atomic E-state index is 13.2. The molecule has 1 fully saturated rings. The van der Waals surface area contributed by atoms with E-state index in [0.717, 1.165) is 16.0 Å². The Kier molecular flexibility index (Phi) is 6.72. The standard InChI is InChI=1S/C26H20Cl2N2O4/c1-15-3-4-17(11-16(15)2)14-34-23-10-7-20(28)12-18(23)13-22-24(31)29-26(33)30(25(22)32)21-8-5-19(27)6-9-21/h3-13H,14H2,1-2H3,(H,29,31,33)/b22-13+. The quantitative estimate of drug-likeness (QED) is 0.356. The molecule has 6 nitrogen and oxygen atoms in total. The Morgan fingerprint density at radius 1 is 0.882 bits per heavy atom. The summed E-state index contributed by atoms with van der Waals surface area (Å²) < 4.78 is 5.99. The van der Waals surface area contributed by atoms with E-state index in [9.17, 15) is 14.4 Å². The van der Waals surface area contributed by atoms with Crippen LogP contribution >= 0.6 is 23.2 Å². The van der Waals surface area contributed by atoms with Crippen molar-refractivity contribution in [2.75, 3.05) is 4.90 Å². The van der Waals surface area contributed by atoms with Crippen LogP contribution < -0.4 is 15.0 Å². The van der Waals surface area contributed by atoms with E-state index in [1.54, 1.807) is 30.3 Å². The highest BCUT2D eigenvalue weighted by Gasteiger charge is 2.37. The van der Waals surface area contributed by atoms with Gasteiger partial charge in [-0.3, -0.25) is 14.9 Å². The van der Waals surface area contributed by atoms with Gasteiger partial charge in [0.1, 0.15) is 17.9 Å². The van der Waals surface area contributed by atoms with Gasteiger partial charge in [-0.1, -0.05) is 41.4 Å². The van der Waals surface area contributed by atoms with Crippen LogP contribution in [-0.4, -0.2) is 17.8 Å². The van der Waals surface area contributed by atoms with Gasteiger partial charge >= 0.3 is 6.03 Å². The number of carbonyl (C=O) groups is 3. The number of carbonyl (C=O) groups excluding carboxylic acids is 3. The van der Waals surface area contributed by atoms with Gasteiger partial charge in [-0.05, 0) is 79.1 Å². The zero-order valence-corrected chi connectivity index (χ0v) is 19.9. The molecule has 0 radical (unpaired) electrons. The van der Waals surface area contributed by atoms with Crippen molar-refractivity contribution in [2.45, 2.75) is 20.5 Å². The first-order valence-electron chi connectivity index (χ1n) is 10.4. The molecule has 3 aromatic carbocycles. The molecule has 4 rings (SSSR count). The summed E-state index contributed by atoms with van der Waals surface area (Å²) in [6, 6.07) is 16.2. The maximum absolute atomic E-state index is 13.2.